The molecule has 0 saturated carbocycles. The lowest BCUT2D eigenvalue weighted by molar-refractivity contribution is 0.738. The summed E-state index contributed by atoms with van der Waals surface area (Å²) in [5.74, 6) is 0. The molecule has 0 aromatic heterocycles. The van der Waals surface area contributed by atoms with Gasteiger partial charge in [-0.1, -0.05) is 48.0 Å². The van der Waals surface area contributed by atoms with Crippen molar-refractivity contribution in [3.63, 3.8) is 0 Å². The van der Waals surface area contributed by atoms with Crippen molar-refractivity contribution in [2.75, 3.05) is 11.9 Å². The van der Waals surface area contributed by atoms with Crippen molar-refractivity contribution in [2.45, 2.75) is 25.9 Å². The van der Waals surface area contributed by atoms with Crippen LogP contribution in [0.5, 0.6) is 0 Å². The molecule has 2 aromatic rings. The molecule has 2 N–H and O–H groups in total. The maximum absolute atomic E-state index is 6.34. The minimum Gasteiger partial charge on any atom is -0.370 e. The Morgan fingerprint density at radius 3 is 2.45 bits per heavy atom. The monoisotopic (exact) mass is 288 g/mol. The van der Waals surface area contributed by atoms with Gasteiger partial charge in [-0.25, -0.2) is 0 Å². The van der Waals surface area contributed by atoms with Crippen molar-refractivity contribution in [2.24, 2.45) is 5.73 Å². The highest BCUT2D eigenvalue weighted by Crippen LogP contribution is 2.25. The van der Waals surface area contributed by atoms with E-state index in [2.05, 4.69) is 48.3 Å². The molecule has 106 valence electrons. The zero-order chi connectivity index (χ0) is 14.5. The van der Waals surface area contributed by atoms with Crippen LogP contribution in [0.15, 0.2) is 48.5 Å². The second-order valence-electron chi connectivity index (χ2n) is 5.30. The number of hydrogen-bond acceptors (Lipinski definition) is 2. The first-order valence-corrected chi connectivity index (χ1v) is 7.23. The molecule has 1 atom stereocenters. The molecule has 2 rings (SSSR count). The van der Waals surface area contributed by atoms with Gasteiger partial charge in [0, 0.05) is 30.3 Å². The summed E-state index contributed by atoms with van der Waals surface area (Å²) in [5, 5.41) is 0.791. The summed E-state index contributed by atoms with van der Waals surface area (Å²) in [4.78, 5) is 2.19. The first-order chi connectivity index (χ1) is 9.56. The molecular formula is C17H21ClN2. The van der Waals surface area contributed by atoms with Crippen LogP contribution in [0.4, 0.5) is 5.69 Å². The molecule has 0 aliphatic carbocycles. The molecule has 2 aromatic carbocycles. The lowest BCUT2D eigenvalue weighted by atomic mass is 10.1. The molecule has 0 heterocycles. The van der Waals surface area contributed by atoms with Crippen LogP contribution in [-0.2, 0) is 13.0 Å². The van der Waals surface area contributed by atoms with Crippen LogP contribution in [0.25, 0.3) is 0 Å². The van der Waals surface area contributed by atoms with E-state index in [1.807, 2.05) is 19.1 Å². The van der Waals surface area contributed by atoms with E-state index in [0.717, 1.165) is 29.2 Å². The van der Waals surface area contributed by atoms with Gasteiger partial charge in [-0.3, -0.25) is 0 Å². The van der Waals surface area contributed by atoms with Crippen LogP contribution in [0.2, 0.25) is 5.02 Å². The Morgan fingerprint density at radius 2 is 1.85 bits per heavy atom. The predicted molar refractivity (Wildman–Crippen MR) is 87.4 cm³/mol. The summed E-state index contributed by atoms with van der Waals surface area (Å²) in [6.45, 7) is 2.86. The maximum Gasteiger partial charge on any atom is 0.0459 e. The van der Waals surface area contributed by atoms with Crippen LogP contribution < -0.4 is 10.6 Å². The Labute approximate surface area is 126 Å². The van der Waals surface area contributed by atoms with Crippen molar-refractivity contribution < 1.29 is 0 Å². The summed E-state index contributed by atoms with van der Waals surface area (Å²) >= 11 is 6.34. The minimum atomic E-state index is 0.125. The average molecular weight is 289 g/mol. The minimum absolute atomic E-state index is 0.125. The summed E-state index contributed by atoms with van der Waals surface area (Å²) < 4.78 is 0. The van der Waals surface area contributed by atoms with E-state index in [4.69, 9.17) is 17.3 Å². The lowest BCUT2D eigenvalue weighted by Gasteiger charge is -2.20. The van der Waals surface area contributed by atoms with Gasteiger partial charge < -0.3 is 10.6 Å². The molecule has 0 radical (unpaired) electrons. The van der Waals surface area contributed by atoms with Crippen LogP contribution in [0.3, 0.4) is 0 Å². The third kappa shape index (κ3) is 3.99. The van der Waals surface area contributed by atoms with E-state index in [-0.39, 0.29) is 6.04 Å². The first kappa shape index (κ1) is 14.9. The molecule has 0 saturated heterocycles. The molecule has 0 amide bonds. The quantitative estimate of drug-likeness (QED) is 0.905. The Kier molecular flexibility index (Phi) is 5.05. The molecule has 0 fully saturated rings. The third-order valence-electron chi connectivity index (χ3n) is 3.28. The van der Waals surface area contributed by atoms with E-state index < -0.39 is 0 Å². The number of rotatable bonds is 5. The maximum atomic E-state index is 6.34. The average Bonchev–Trinajstić information content (AvgIpc) is 2.41. The van der Waals surface area contributed by atoms with E-state index in [1.165, 1.54) is 5.56 Å². The number of benzene rings is 2. The summed E-state index contributed by atoms with van der Waals surface area (Å²) in [5.41, 5.74) is 9.34. The van der Waals surface area contributed by atoms with Gasteiger partial charge in [-0.05, 0) is 36.6 Å². The Bertz CT molecular complexity index is 552. The van der Waals surface area contributed by atoms with Crippen LogP contribution in [0.1, 0.15) is 18.1 Å². The van der Waals surface area contributed by atoms with Gasteiger partial charge in [-0.15, -0.1) is 0 Å². The van der Waals surface area contributed by atoms with E-state index >= 15 is 0 Å². The fraction of sp³-hybridized carbons (Fsp3) is 0.294. The molecule has 0 bridgehead atoms. The fourth-order valence-corrected chi connectivity index (χ4v) is 2.49. The first-order valence-electron chi connectivity index (χ1n) is 6.85. The Balaban J connectivity index is 2.11. The van der Waals surface area contributed by atoms with Crippen molar-refractivity contribution in [3.8, 4) is 0 Å². The Hall–Kier alpha value is -1.51. The van der Waals surface area contributed by atoms with Crippen LogP contribution >= 0.6 is 11.6 Å². The van der Waals surface area contributed by atoms with E-state index in [1.54, 1.807) is 0 Å². The third-order valence-corrected chi connectivity index (χ3v) is 3.63. The van der Waals surface area contributed by atoms with Gasteiger partial charge in [0.05, 0.1) is 0 Å². The van der Waals surface area contributed by atoms with Gasteiger partial charge in [0.25, 0.3) is 0 Å². The predicted octanol–water partition coefficient (Wildman–Crippen LogP) is 3.87. The zero-order valence-electron chi connectivity index (χ0n) is 12.0. The second-order valence-corrected chi connectivity index (χ2v) is 5.71. The smallest absolute Gasteiger partial charge is 0.0459 e. The summed E-state index contributed by atoms with van der Waals surface area (Å²) in [6.07, 6.45) is 0.807. The Morgan fingerprint density at radius 1 is 1.15 bits per heavy atom. The zero-order valence-corrected chi connectivity index (χ0v) is 12.8. The highest BCUT2D eigenvalue weighted by Gasteiger charge is 2.07. The van der Waals surface area contributed by atoms with Gasteiger partial charge in [0.2, 0.25) is 0 Å². The number of anilines is 1. The largest absolute Gasteiger partial charge is 0.370 e. The second kappa shape index (κ2) is 6.78. The topological polar surface area (TPSA) is 29.3 Å². The number of hydrogen-bond donors (Lipinski definition) is 1. The molecule has 0 aliphatic heterocycles. The molecule has 0 aliphatic rings. The number of halogens is 1. The molecular weight excluding hydrogens is 268 g/mol. The molecule has 2 nitrogen and oxygen atoms in total. The van der Waals surface area contributed by atoms with E-state index in [9.17, 15) is 0 Å². The highest BCUT2D eigenvalue weighted by atomic mass is 35.5. The highest BCUT2D eigenvalue weighted by molar-refractivity contribution is 6.31. The van der Waals surface area contributed by atoms with Gasteiger partial charge in [-0.2, -0.15) is 0 Å². The fourth-order valence-electron chi connectivity index (χ4n) is 2.23. The van der Waals surface area contributed by atoms with E-state index in [0.29, 0.717) is 0 Å². The number of nitrogens with zero attached hydrogens (tertiary/aromatic N) is 1. The molecule has 1 unspecified atom stereocenters. The number of nitrogens with two attached hydrogens (primary N) is 1. The van der Waals surface area contributed by atoms with Crippen LogP contribution in [0, 0.1) is 0 Å². The summed E-state index contributed by atoms with van der Waals surface area (Å²) in [7, 11) is 2.07. The van der Waals surface area contributed by atoms with Gasteiger partial charge in [0.15, 0.2) is 0 Å². The standard InChI is InChI=1S/C17H21ClN2/c1-13(19)10-15-8-9-16(11-17(15)18)20(2)12-14-6-4-3-5-7-14/h3-9,11,13H,10,12,19H2,1-2H3. The van der Waals surface area contributed by atoms with Crippen molar-refractivity contribution in [3.05, 3.63) is 64.7 Å². The van der Waals surface area contributed by atoms with Gasteiger partial charge in [0.1, 0.15) is 0 Å². The molecule has 20 heavy (non-hydrogen) atoms. The summed E-state index contributed by atoms with van der Waals surface area (Å²) in [6, 6.07) is 16.7. The molecule has 0 spiro atoms. The van der Waals surface area contributed by atoms with Crippen molar-refractivity contribution in [1.82, 2.24) is 0 Å². The molecule has 3 heteroatoms. The van der Waals surface area contributed by atoms with Gasteiger partial charge >= 0.3 is 0 Å². The van der Waals surface area contributed by atoms with Crippen LogP contribution in [-0.4, -0.2) is 13.1 Å². The normalized spacial score (nSPS) is 12.2. The van der Waals surface area contributed by atoms with Crippen molar-refractivity contribution in [1.29, 1.82) is 0 Å². The lowest BCUT2D eigenvalue weighted by Crippen LogP contribution is -2.19. The SMILES string of the molecule is CC(N)Cc1ccc(N(C)Cc2ccccc2)cc1Cl. The van der Waals surface area contributed by atoms with Crippen molar-refractivity contribution >= 4 is 17.3 Å².